The number of carbonyl (C=O) groups is 4. The van der Waals surface area contributed by atoms with Gasteiger partial charge >= 0.3 is 6.09 Å². The van der Waals surface area contributed by atoms with Gasteiger partial charge in [0.2, 0.25) is 5.91 Å². The highest BCUT2D eigenvalue weighted by molar-refractivity contribution is 5.92. The maximum absolute atomic E-state index is 11.5. The van der Waals surface area contributed by atoms with E-state index in [0.717, 1.165) is 97.5 Å². The highest BCUT2D eigenvalue weighted by atomic mass is 16.5. The number of alkyl carbamates (subject to hydrolysis) is 1. The number of hydrogen-bond donors (Lipinski definition) is 5. The molecule has 61 heavy (non-hydrogen) atoms. The summed E-state index contributed by atoms with van der Waals surface area (Å²) in [4.78, 5) is 60.5. The SMILES string of the molecule is C1CCC1.CNCC(=O)NCCCCc1ncc(-c2ccc3cc(-c4ccc5nc(C6COCCN6C)[nH]c5c4)ccc3c2)[nH]1.COC(=O)NC(C=O)C1CCC1.COC=O. The molecule has 5 aromatic rings. The summed E-state index contributed by atoms with van der Waals surface area (Å²) in [6.07, 6.45) is 14.1. The van der Waals surface area contributed by atoms with Crippen LogP contribution < -0.4 is 16.0 Å². The third kappa shape index (κ3) is 13.9. The number of rotatable bonds is 14. The van der Waals surface area contributed by atoms with Crippen molar-refractivity contribution >= 4 is 46.6 Å². The van der Waals surface area contributed by atoms with E-state index < -0.39 is 6.09 Å². The van der Waals surface area contributed by atoms with Gasteiger partial charge in [0.1, 0.15) is 17.9 Å². The van der Waals surface area contributed by atoms with E-state index >= 15 is 0 Å². The third-order valence-electron chi connectivity index (χ3n) is 11.2. The van der Waals surface area contributed by atoms with Crippen LogP contribution in [0.4, 0.5) is 4.79 Å². The number of methoxy groups -OCH3 is 2. The zero-order valence-electron chi connectivity index (χ0n) is 36.0. The summed E-state index contributed by atoms with van der Waals surface area (Å²) < 4.78 is 13.9. The van der Waals surface area contributed by atoms with Crippen molar-refractivity contribution in [1.82, 2.24) is 40.8 Å². The van der Waals surface area contributed by atoms with E-state index in [4.69, 9.17) is 14.5 Å². The average molecular weight is 839 g/mol. The number of aryl methyl sites for hydroxylation is 1. The summed E-state index contributed by atoms with van der Waals surface area (Å²) >= 11 is 0. The van der Waals surface area contributed by atoms with Crippen molar-refractivity contribution in [3.05, 3.63) is 72.4 Å². The first kappa shape index (κ1) is 46.4. The second-order valence-electron chi connectivity index (χ2n) is 15.5. The first-order chi connectivity index (χ1) is 29.8. The fraction of sp³-hybridized carbons (Fsp3) is 0.478. The number of imidazole rings is 2. The van der Waals surface area contributed by atoms with E-state index in [1.165, 1.54) is 56.2 Å². The Bertz CT molecular complexity index is 2140. The number of fused-ring (bicyclic) bond motifs is 2. The standard InChI is InChI=1S/C32H37N7O2.C8H13NO3.C4H8.C2H4O2/c1-33-19-31(40)34-12-4-3-5-30-35-18-28(36-30)25-9-8-21-15-22(6-7-23(21)16-25)24-10-11-26-27(17-24)38-32(37-26)29-20-41-14-13-39(29)2;1-12-8(11)9-7(5-10)6-3-2-4-6;1-2-4-3-1;1-4-2-3/h6-11,15-18,29,33H,3-5,12-14,19-20H2,1-2H3,(H,34,40)(H,35,36)(H,37,38);5-7H,2-4H2,1H3,(H,9,11);1-4H2;2H,1H3. The topological polar surface area (TPSA) is 193 Å². The highest BCUT2D eigenvalue weighted by Crippen LogP contribution is 2.31. The number of aromatic amines is 2. The summed E-state index contributed by atoms with van der Waals surface area (Å²) in [5, 5.41) is 10.6. The predicted molar refractivity (Wildman–Crippen MR) is 237 cm³/mol. The first-order valence-corrected chi connectivity index (χ1v) is 21.3. The van der Waals surface area contributed by atoms with Crippen molar-refractivity contribution in [2.75, 3.05) is 61.2 Å². The number of nitrogens with one attached hydrogen (secondary N) is 5. The number of H-pyrrole nitrogens is 2. The molecular weight excluding hydrogens is 777 g/mol. The Kier molecular flexibility index (Phi) is 18.7. The van der Waals surface area contributed by atoms with Gasteiger partial charge in [0, 0.05) is 25.1 Å². The summed E-state index contributed by atoms with van der Waals surface area (Å²) in [5.41, 5.74) is 6.48. The Balaban J connectivity index is 0.000000289. The van der Waals surface area contributed by atoms with Crippen LogP contribution in [0, 0.1) is 5.92 Å². The Morgan fingerprint density at radius 3 is 2.25 bits per heavy atom. The third-order valence-corrected chi connectivity index (χ3v) is 11.2. The molecule has 3 aromatic carbocycles. The predicted octanol–water partition coefficient (Wildman–Crippen LogP) is 6.49. The molecule has 2 unspecified atom stereocenters. The molecule has 2 atom stereocenters. The molecule has 3 aliphatic rings. The lowest BCUT2D eigenvalue weighted by Gasteiger charge is -2.30. The van der Waals surface area contributed by atoms with Crippen LogP contribution in [0.3, 0.4) is 0 Å². The molecule has 1 saturated heterocycles. The van der Waals surface area contributed by atoms with E-state index in [0.29, 0.717) is 32.1 Å². The second-order valence-corrected chi connectivity index (χ2v) is 15.5. The smallest absolute Gasteiger partial charge is 0.407 e. The average Bonchev–Trinajstić information content (AvgIpc) is 3.89. The fourth-order valence-corrected chi connectivity index (χ4v) is 6.95. The molecule has 15 heteroatoms. The monoisotopic (exact) mass is 838 g/mol. The Hall–Kier alpha value is -5.64. The lowest BCUT2D eigenvalue weighted by atomic mass is 9.80. The van der Waals surface area contributed by atoms with E-state index in [-0.39, 0.29) is 18.0 Å². The number of aromatic nitrogens is 4. The molecule has 2 aromatic heterocycles. The zero-order chi connectivity index (χ0) is 43.4. The minimum Gasteiger partial charge on any atom is -0.471 e. The number of benzene rings is 3. The van der Waals surface area contributed by atoms with Crippen molar-refractivity contribution < 1.29 is 33.4 Å². The van der Waals surface area contributed by atoms with Crippen LogP contribution in [-0.2, 0) is 35.0 Å². The van der Waals surface area contributed by atoms with Crippen LogP contribution >= 0.6 is 0 Å². The van der Waals surface area contributed by atoms with Crippen LogP contribution in [0.15, 0.2) is 60.8 Å². The number of unbranched alkanes of at least 4 members (excludes halogenated alkanes) is 1. The van der Waals surface area contributed by atoms with E-state index in [9.17, 15) is 14.4 Å². The van der Waals surface area contributed by atoms with Crippen molar-refractivity contribution in [3.63, 3.8) is 0 Å². The van der Waals surface area contributed by atoms with Crippen LogP contribution in [0.5, 0.6) is 0 Å². The molecule has 3 heterocycles. The highest BCUT2D eigenvalue weighted by Gasteiger charge is 2.28. The van der Waals surface area contributed by atoms with Crippen LogP contribution in [0.1, 0.15) is 75.5 Å². The van der Waals surface area contributed by atoms with Crippen LogP contribution in [0.25, 0.3) is 44.2 Å². The number of likely N-dealkylation sites (N-methyl/N-ethyl adjacent to an activating group) is 2. The quantitative estimate of drug-likeness (QED) is 0.0606. The van der Waals surface area contributed by atoms with Crippen molar-refractivity contribution in [2.45, 2.75) is 76.3 Å². The van der Waals surface area contributed by atoms with Gasteiger partial charge in [-0.15, -0.1) is 0 Å². The molecule has 0 radical (unpaired) electrons. The molecule has 3 fully saturated rings. The van der Waals surface area contributed by atoms with Gasteiger partial charge in [-0.2, -0.15) is 0 Å². The largest absolute Gasteiger partial charge is 0.471 e. The lowest BCUT2D eigenvalue weighted by molar-refractivity contribution is -0.126. The summed E-state index contributed by atoms with van der Waals surface area (Å²) in [7, 11) is 6.49. The van der Waals surface area contributed by atoms with E-state index in [2.05, 4.69) is 107 Å². The molecule has 2 saturated carbocycles. The molecule has 2 aliphatic carbocycles. The first-order valence-electron chi connectivity index (χ1n) is 21.3. The van der Waals surface area contributed by atoms with Gasteiger partial charge in [-0.1, -0.05) is 62.4 Å². The molecular formula is C46H62N8O7. The molecule has 328 valence electrons. The normalized spacial score (nSPS) is 16.4. The van der Waals surface area contributed by atoms with Gasteiger partial charge in [0.15, 0.2) is 0 Å². The van der Waals surface area contributed by atoms with Crippen molar-refractivity contribution in [1.29, 1.82) is 0 Å². The molecule has 0 spiro atoms. The van der Waals surface area contributed by atoms with Gasteiger partial charge in [-0.3, -0.25) is 14.5 Å². The van der Waals surface area contributed by atoms with Gasteiger partial charge in [-0.25, -0.2) is 14.8 Å². The summed E-state index contributed by atoms with van der Waals surface area (Å²) in [6, 6.07) is 19.4. The molecule has 8 rings (SSSR count). The molecule has 5 N–H and O–H groups in total. The minimum atomic E-state index is -0.529. The number of carbonyl (C=O) groups excluding carboxylic acids is 4. The molecule has 2 amide bonds. The number of aldehydes is 1. The molecule has 15 nitrogen and oxygen atoms in total. The fourth-order valence-electron chi connectivity index (χ4n) is 6.95. The van der Waals surface area contributed by atoms with E-state index in [1.54, 1.807) is 7.05 Å². The maximum Gasteiger partial charge on any atom is 0.407 e. The second kappa shape index (κ2) is 24.6. The van der Waals surface area contributed by atoms with Crippen molar-refractivity contribution in [2.24, 2.45) is 5.92 Å². The van der Waals surface area contributed by atoms with Gasteiger partial charge < -0.3 is 44.9 Å². The summed E-state index contributed by atoms with van der Waals surface area (Å²) in [6.45, 7) is 3.75. The Morgan fingerprint density at radius 1 is 0.934 bits per heavy atom. The summed E-state index contributed by atoms with van der Waals surface area (Å²) in [5.74, 6) is 2.28. The number of morpholine rings is 1. The van der Waals surface area contributed by atoms with Gasteiger partial charge in [0.25, 0.3) is 6.47 Å². The zero-order valence-corrected chi connectivity index (χ0v) is 36.0. The molecule has 0 bridgehead atoms. The molecule has 1 aliphatic heterocycles. The minimum absolute atomic E-state index is 0.0302. The Morgan fingerprint density at radius 2 is 1.62 bits per heavy atom. The number of ether oxygens (including phenoxy) is 3. The van der Waals surface area contributed by atoms with E-state index in [1.807, 2.05) is 6.20 Å². The maximum atomic E-state index is 11.5. The number of hydrogen-bond acceptors (Lipinski definition) is 11. The Labute approximate surface area is 358 Å². The van der Waals surface area contributed by atoms with Gasteiger partial charge in [0.05, 0.1) is 69.0 Å². The number of amides is 2. The van der Waals surface area contributed by atoms with Crippen LogP contribution in [0.2, 0.25) is 0 Å². The van der Waals surface area contributed by atoms with Crippen molar-refractivity contribution in [3.8, 4) is 22.4 Å². The van der Waals surface area contributed by atoms with Crippen LogP contribution in [-0.4, -0.2) is 117 Å². The lowest BCUT2D eigenvalue weighted by Crippen LogP contribution is -2.43. The number of nitrogens with zero attached hydrogens (tertiary/aromatic N) is 3. The van der Waals surface area contributed by atoms with Gasteiger partial charge in [-0.05, 0) is 91.9 Å².